The van der Waals surface area contributed by atoms with Crippen LogP contribution in [0.2, 0.25) is 0 Å². The number of nitrogens with one attached hydrogen (secondary N) is 1. The van der Waals surface area contributed by atoms with Crippen LogP contribution in [0.5, 0.6) is 0 Å². The Morgan fingerprint density at radius 1 is 1.14 bits per heavy atom. The van der Waals surface area contributed by atoms with E-state index in [1.165, 1.54) is 30.9 Å². The lowest BCUT2D eigenvalue weighted by atomic mass is 9.74. The summed E-state index contributed by atoms with van der Waals surface area (Å²) in [6.45, 7) is 1.88. The van der Waals surface area contributed by atoms with Crippen molar-refractivity contribution in [3.63, 3.8) is 0 Å². The largest absolute Gasteiger partial charge is 0.394 e. The minimum absolute atomic E-state index is 0.0490. The quantitative estimate of drug-likeness (QED) is 0.795. The van der Waals surface area contributed by atoms with Gasteiger partial charge in [-0.3, -0.25) is 9.59 Å². The van der Waals surface area contributed by atoms with Gasteiger partial charge in [-0.05, 0) is 55.2 Å². The third-order valence-electron chi connectivity index (χ3n) is 6.43. The Morgan fingerprint density at radius 3 is 2.46 bits per heavy atom. The van der Waals surface area contributed by atoms with Crippen molar-refractivity contribution in [1.29, 1.82) is 0 Å². The highest BCUT2D eigenvalue weighted by molar-refractivity contribution is 5.83. The van der Waals surface area contributed by atoms with Crippen LogP contribution in [0.3, 0.4) is 0 Å². The monoisotopic (exact) mass is 382 g/mol. The van der Waals surface area contributed by atoms with Crippen LogP contribution in [0.25, 0.3) is 5.57 Å². The summed E-state index contributed by atoms with van der Waals surface area (Å²) in [4.78, 5) is 26.0. The van der Waals surface area contributed by atoms with E-state index in [2.05, 4.69) is 35.7 Å². The van der Waals surface area contributed by atoms with Gasteiger partial charge in [-0.2, -0.15) is 0 Å². The molecule has 3 aliphatic rings. The van der Waals surface area contributed by atoms with Gasteiger partial charge in [0.2, 0.25) is 11.8 Å². The van der Waals surface area contributed by atoms with E-state index in [4.69, 9.17) is 0 Å². The predicted molar refractivity (Wildman–Crippen MR) is 109 cm³/mol. The second-order valence-electron chi connectivity index (χ2n) is 8.40. The Hall–Kier alpha value is -2.14. The molecule has 0 spiro atoms. The Balaban J connectivity index is 1.55. The van der Waals surface area contributed by atoms with Crippen LogP contribution >= 0.6 is 0 Å². The molecular weight excluding hydrogens is 352 g/mol. The molecule has 2 aliphatic carbocycles. The number of carbonyl (C=O) groups is 2. The zero-order valence-corrected chi connectivity index (χ0v) is 16.6. The van der Waals surface area contributed by atoms with Gasteiger partial charge >= 0.3 is 0 Å². The Kier molecular flexibility index (Phi) is 5.54. The minimum atomic E-state index is -0.202. The first-order valence-corrected chi connectivity index (χ1v) is 10.6. The highest BCUT2D eigenvalue weighted by atomic mass is 16.3. The number of hydrogen-bond acceptors (Lipinski definition) is 3. The molecule has 1 saturated heterocycles. The molecule has 28 heavy (non-hydrogen) atoms. The minimum Gasteiger partial charge on any atom is -0.394 e. The number of benzene rings is 1. The summed E-state index contributed by atoms with van der Waals surface area (Å²) in [7, 11) is 0. The molecule has 2 N–H and O–H groups in total. The van der Waals surface area contributed by atoms with Crippen molar-refractivity contribution in [2.24, 2.45) is 5.92 Å². The average molecular weight is 383 g/mol. The molecule has 0 unspecified atom stereocenters. The second kappa shape index (κ2) is 8.08. The summed E-state index contributed by atoms with van der Waals surface area (Å²) < 4.78 is 0. The Morgan fingerprint density at radius 2 is 1.89 bits per heavy atom. The second-order valence-corrected chi connectivity index (χ2v) is 8.40. The van der Waals surface area contributed by atoms with Crippen molar-refractivity contribution >= 4 is 17.4 Å². The number of allylic oxidation sites excluding steroid dienone is 2. The first-order chi connectivity index (χ1) is 13.6. The lowest BCUT2D eigenvalue weighted by Crippen LogP contribution is -2.68. The predicted octanol–water partition coefficient (Wildman–Crippen LogP) is 2.85. The van der Waals surface area contributed by atoms with Crippen molar-refractivity contribution in [1.82, 2.24) is 10.2 Å². The summed E-state index contributed by atoms with van der Waals surface area (Å²) >= 11 is 0. The topological polar surface area (TPSA) is 69.6 Å². The molecule has 5 nitrogen and oxygen atoms in total. The van der Waals surface area contributed by atoms with Gasteiger partial charge < -0.3 is 15.3 Å². The van der Waals surface area contributed by atoms with Crippen LogP contribution in [0.15, 0.2) is 30.3 Å². The number of amides is 2. The maximum Gasteiger partial charge on any atom is 0.226 e. The normalized spacial score (nSPS) is 27.0. The van der Waals surface area contributed by atoms with E-state index in [0.29, 0.717) is 6.54 Å². The van der Waals surface area contributed by atoms with E-state index in [1.54, 1.807) is 0 Å². The summed E-state index contributed by atoms with van der Waals surface area (Å²) in [6.07, 6.45) is 9.04. The van der Waals surface area contributed by atoms with E-state index in [1.807, 2.05) is 4.90 Å². The molecule has 5 heteroatoms. The lowest BCUT2D eigenvalue weighted by molar-refractivity contribution is -0.152. The summed E-state index contributed by atoms with van der Waals surface area (Å²) in [5, 5.41) is 12.9. The number of carbonyl (C=O) groups excluding carboxylic acids is 2. The summed E-state index contributed by atoms with van der Waals surface area (Å²) in [5.74, 6) is 0.198. The molecule has 150 valence electrons. The molecule has 4 rings (SSSR count). The van der Waals surface area contributed by atoms with Crippen LogP contribution < -0.4 is 5.32 Å². The van der Waals surface area contributed by atoms with Gasteiger partial charge in [0.25, 0.3) is 0 Å². The lowest BCUT2D eigenvalue weighted by Gasteiger charge is -2.55. The van der Waals surface area contributed by atoms with E-state index in [9.17, 15) is 14.7 Å². The van der Waals surface area contributed by atoms with Crippen molar-refractivity contribution in [2.45, 2.75) is 63.5 Å². The Bertz CT molecular complexity index is 767. The van der Waals surface area contributed by atoms with Gasteiger partial charge in [-0.15, -0.1) is 0 Å². The zero-order valence-electron chi connectivity index (χ0n) is 16.6. The summed E-state index contributed by atoms with van der Waals surface area (Å²) in [6, 6.07) is 8.32. The number of rotatable bonds is 6. The fraction of sp³-hybridized carbons (Fsp3) is 0.565. The average Bonchev–Trinajstić information content (AvgIpc) is 3.54. The van der Waals surface area contributed by atoms with Crippen LogP contribution in [-0.4, -0.2) is 47.1 Å². The highest BCUT2D eigenvalue weighted by Crippen LogP contribution is 2.44. The van der Waals surface area contributed by atoms with Crippen LogP contribution in [0.4, 0.5) is 0 Å². The zero-order chi connectivity index (χ0) is 19.7. The van der Waals surface area contributed by atoms with Crippen LogP contribution in [-0.2, 0) is 9.59 Å². The number of aliphatic hydroxyl groups is 1. The molecule has 1 aromatic rings. The third kappa shape index (κ3) is 3.72. The van der Waals surface area contributed by atoms with Crippen molar-refractivity contribution in [3.8, 4) is 0 Å². The summed E-state index contributed by atoms with van der Waals surface area (Å²) in [5.41, 5.74) is 3.83. The van der Waals surface area contributed by atoms with E-state index < -0.39 is 0 Å². The molecule has 0 bridgehead atoms. The molecule has 2 fully saturated rings. The highest BCUT2D eigenvalue weighted by Gasteiger charge is 2.53. The molecule has 1 aromatic carbocycles. The van der Waals surface area contributed by atoms with Crippen LogP contribution in [0.1, 0.15) is 62.5 Å². The van der Waals surface area contributed by atoms with E-state index >= 15 is 0 Å². The number of likely N-dealkylation sites (tertiary alicyclic amines) is 1. The molecule has 2 amide bonds. The number of aliphatic hydroxyl groups excluding tert-OH is 1. The first kappa shape index (κ1) is 19.2. The molecule has 1 heterocycles. The van der Waals surface area contributed by atoms with Gasteiger partial charge in [-0.1, -0.05) is 30.3 Å². The van der Waals surface area contributed by atoms with E-state index in [-0.39, 0.29) is 42.3 Å². The SMILES string of the molecule is CC(=O)NC[C@@H]1[C@@H](c2ccc(C3=CCCCC3)cc2)[C@@H](CO)N1C(=O)C1CC1. The van der Waals surface area contributed by atoms with Crippen molar-refractivity contribution in [3.05, 3.63) is 41.5 Å². The van der Waals surface area contributed by atoms with E-state index in [0.717, 1.165) is 31.2 Å². The molecule has 1 saturated carbocycles. The smallest absolute Gasteiger partial charge is 0.226 e. The maximum atomic E-state index is 12.7. The van der Waals surface area contributed by atoms with Crippen molar-refractivity contribution < 1.29 is 14.7 Å². The fourth-order valence-electron chi connectivity index (χ4n) is 4.75. The number of nitrogens with zero attached hydrogens (tertiary/aromatic N) is 1. The van der Waals surface area contributed by atoms with Crippen LogP contribution in [0, 0.1) is 5.92 Å². The first-order valence-electron chi connectivity index (χ1n) is 10.6. The third-order valence-corrected chi connectivity index (χ3v) is 6.43. The van der Waals surface area contributed by atoms with Gasteiger partial charge in [0.1, 0.15) is 0 Å². The van der Waals surface area contributed by atoms with Crippen molar-refractivity contribution in [2.75, 3.05) is 13.2 Å². The fourth-order valence-corrected chi connectivity index (χ4v) is 4.75. The molecule has 0 aromatic heterocycles. The molecular formula is C23H30N2O3. The Labute approximate surface area is 166 Å². The van der Waals surface area contributed by atoms with Gasteiger partial charge in [0.05, 0.1) is 18.7 Å². The van der Waals surface area contributed by atoms with Gasteiger partial charge in [-0.25, -0.2) is 0 Å². The maximum absolute atomic E-state index is 12.7. The molecule has 1 aliphatic heterocycles. The van der Waals surface area contributed by atoms with Gasteiger partial charge in [0.15, 0.2) is 0 Å². The molecule has 3 atom stereocenters. The standard InChI is InChI=1S/C23H30N2O3/c1-15(27)24-13-20-22(21(14-26)25(20)23(28)19-11-12-19)18-9-7-17(8-10-18)16-5-3-2-4-6-16/h5,7-10,19-22,26H,2-4,6,11-14H2,1H3,(H,24,27)/t20-,21-,22-/m1/s1. The number of hydrogen-bond donors (Lipinski definition) is 2. The molecule has 0 radical (unpaired) electrons. The van der Waals surface area contributed by atoms with Gasteiger partial charge in [0, 0.05) is 25.3 Å².